The van der Waals surface area contributed by atoms with E-state index in [4.69, 9.17) is 27.8 Å². The molecule has 8 aromatic carbocycles. The van der Waals surface area contributed by atoms with Crippen LogP contribution in [0.15, 0.2) is 152 Å². The van der Waals surface area contributed by atoms with Gasteiger partial charge in [-0.2, -0.15) is 0 Å². The van der Waals surface area contributed by atoms with Crippen molar-refractivity contribution in [1.29, 1.82) is 0 Å². The van der Waals surface area contributed by atoms with E-state index in [0.29, 0.717) is 0 Å². The summed E-state index contributed by atoms with van der Waals surface area (Å²) < 4.78 is 36.0. The van der Waals surface area contributed by atoms with E-state index in [2.05, 4.69) is 0 Å². The predicted molar refractivity (Wildman–Crippen MR) is 284 cm³/mol. The molecule has 24 nitrogen and oxygen atoms in total. The Balaban J connectivity index is 0.000000157. The highest BCUT2D eigenvalue weighted by atomic mass is 16.7. The van der Waals surface area contributed by atoms with Gasteiger partial charge in [-0.15, -0.1) is 0 Å². The van der Waals surface area contributed by atoms with Gasteiger partial charge in [0.15, 0.2) is 22.7 Å². The summed E-state index contributed by atoms with van der Waals surface area (Å²) in [5, 5.41) is 148. The number of ether oxygens (including phenoxy) is 4. The molecule has 24 heteroatoms. The van der Waals surface area contributed by atoms with E-state index >= 15 is 0 Å². The van der Waals surface area contributed by atoms with Gasteiger partial charge in [0.05, 0.1) is 11.1 Å². The first-order valence-corrected chi connectivity index (χ1v) is 24.6. The lowest BCUT2D eigenvalue weighted by atomic mass is 9.74. The third-order valence-corrected chi connectivity index (χ3v) is 14.9. The third-order valence-electron chi connectivity index (χ3n) is 14.9. The lowest BCUT2D eigenvalue weighted by Crippen LogP contribution is -2.63. The Morgan fingerprint density at radius 2 is 0.750 bits per heavy atom. The summed E-state index contributed by atoms with van der Waals surface area (Å²) in [6.45, 7) is 0. The van der Waals surface area contributed by atoms with Crippen LogP contribution >= 0.6 is 0 Å². The van der Waals surface area contributed by atoms with Gasteiger partial charge in [-0.3, -0.25) is 19.2 Å². The fourth-order valence-corrected chi connectivity index (χ4v) is 11.1. The molecular weight excluding hydrogens is 1100 g/mol. The van der Waals surface area contributed by atoms with Crippen LogP contribution in [-0.2, 0) is 11.2 Å². The maximum atomic E-state index is 14.0. The van der Waals surface area contributed by atoms with E-state index < -0.39 is 124 Å². The third kappa shape index (κ3) is 6.82. The summed E-state index contributed by atoms with van der Waals surface area (Å²) in [6, 6.07) is 26.2. The number of ketones is 2. The fraction of sp³-hybridized carbons (Fsp3) is 0.0667. The van der Waals surface area contributed by atoms with Gasteiger partial charge in [0.2, 0.25) is 39.3 Å². The summed E-state index contributed by atoms with van der Waals surface area (Å²) in [5.74, 6) is -16.3. The smallest absolute Gasteiger partial charge is 0.355 e. The van der Waals surface area contributed by atoms with Crippen molar-refractivity contribution >= 4 is 33.5 Å². The van der Waals surface area contributed by atoms with E-state index in [0.717, 1.165) is 36.4 Å². The molecule has 14 rings (SSSR count). The van der Waals surface area contributed by atoms with Crippen molar-refractivity contribution in [2.24, 2.45) is 0 Å². The van der Waals surface area contributed by atoms with E-state index in [1.165, 1.54) is 97.1 Å². The van der Waals surface area contributed by atoms with Crippen LogP contribution in [0.5, 0.6) is 92.0 Å². The Kier molecular flexibility index (Phi) is 10.7. The number of phenolic OH excluding ortho intramolecular Hbond substituents is 10. The second kappa shape index (κ2) is 17.4. The average molecular weight is 1140 g/mol. The zero-order valence-corrected chi connectivity index (χ0v) is 42.0. The van der Waals surface area contributed by atoms with Crippen molar-refractivity contribution in [3.63, 3.8) is 0 Å². The van der Waals surface area contributed by atoms with Gasteiger partial charge in [0.25, 0.3) is 5.78 Å². The Labute approximate surface area is 465 Å². The Morgan fingerprint density at radius 3 is 1.23 bits per heavy atom. The van der Waals surface area contributed by atoms with Crippen molar-refractivity contribution in [2.75, 3.05) is 0 Å². The quantitative estimate of drug-likeness (QED) is 0.0883. The molecule has 4 atom stereocenters. The minimum Gasteiger partial charge on any atom is -0.508 e. The van der Waals surface area contributed by atoms with Gasteiger partial charge in [0, 0.05) is 53.1 Å². The molecule has 0 bridgehead atoms. The van der Waals surface area contributed by atoms with Gasteiger partial charge in [-0.25, -0.2) is 0 Å². The number of hydrogen-bond acceptors (Lipinski definition) is 24. The van der Waals surface area contributed by atoms with Crippen molar-refractivity contribution in [3.05, 3.63) is 187 Å². The Hall–Kier alpha value is -11.8. The summed E-state index contributed by atoms with van der Waals surface area (Å²) in [5.41, 5.74) is -9.58. The monoisotopic (exact) mass is 1140 g/mol. The minimum absolute atomic E-state index is 0.00252. The lowest BCUT2D eigenvalue weighted by Gasteiger charge is -2.43. The molecule has 4 aliphatic rings. The van der Waals surface area contributed by atoms with Crippen molar-refractivity contribution in [3.8, 4) is 115 Å². The highest BCUT2D eigenvalue weighted by molar-refractivity contribution is 6.12. The van der Waals surface area contributed by atoms with Gasteiger partial charge in [-0.1, -0.05) is 24.3 Å². The van der Waals surface area contributed by atoms with Crippen molar-refractivity contribution < 1.29 is 109 Å². The maximum absolute atomic E-state index is 14.0. The number of benzene rings is 8. The molecule has 14 N–H and O–H groups in total. The van der Waals surface area contributed by atoms with Crippen LogP contribution in [0.2, 0.25) is 0 Å². The molecule has 10 aromatic rings. The molecule has 0 aliphatic carbocycles. The standard InChI is InChI=1S/2C30H18O12/c31-14-5-1-12(2-6-14)26-25(37)24(36)22-18(35)11-20-23(27(22)40-26)29(13-3-7-15(32)8-4-13)30(39,42-20)28(38)21-17(34)9-16(33)10-19(21)41-29;31-14-5-1-12(2-6-14)26-25(37)24(36)22-18(35)11-20-23(27(22)40-26)29(39,13-3-7-15(32)8-4-13)30(42-20)28(38)21-17(34)9-16(33)10-19(21)41-30/h2*1-11,31-35,37,39H. The van der Waals surface area contributed by atoms with Crippen LogP contribution in [0.1, 0.15) is 43.0 Å². The van der Waals surface area contributed by atoms with Gasteiger partial charge < -0.3 is 99.3 Å². The molecule has 0 fully saturated rings. The minimum atomic E-state index is -3.00. The summed E-state index contributed by atoms with van der Waals surface area (Å²) in [7, 11) is 0. The van der Waals surface area contributed by atoms with Gasteiger partial charge in [-0.05, 0) is 78.4 Å². The second-order valence-corrected chi connectivity index (χ2v) is 19.7. The van der Waals surface area contributed by atoms with Gasteiger partial charge >= 0.3 is 11.6 Å². The molecule has 420 valence electrons. The number of rotatable bonds is 4. The number of phenols is 10. The van der Waals surface area contributed by atoms with Crippen molar-refractivity contribution in [2.45, 2.75) is 22.8 Å². The average Bonchev–Trinajstić information content (AvgIpc) is 1.48. The molecule has 84 heavy (non-hydrogen) atoms. The number of aromatic hydroxyl groups is 12. The fourth-order valence-electron chi connectivity index (χ4n) is 11.1. The molecule has 1 spiro atoms. The number of Topliss-reactive ketones (excluding diaryl/α,β-unsaturated/α-hetero) is 2. The van der Waals surface area contributed by atoms with Crippen molar-refractivity contribution in [1.82, 2.24) is 0 Å². The lowest BCUT2D eigenvalue weighted by molar-refractivity contribution is -0.185. The first-order valence-electron chi connectivity index (χ1n) is 24.6. The molecule has 2 aromatic heterocycles. The molecule has 4 unspecified atom stereocenters. The van der Waals surface area contributed by atoms with E-state index in [1.807, 2.05) is 0 Å². The highest BCUT2D eigenvalue weighted by Crippen LogP contribution is 2.63. The molecule has 0 amide bonds. The SMILES string of the molecule is O=C1c2c(O)cc(O)cc2OC12Oc1cc(O)c3c(=O)c(O)c(-c4ccc(O)cc4)oc3c1C2(O)c1ccc(O)cc1.O=C1c2c(O)cc(O)cc2OC2(c3ccc(O)cc3)c3c(cc(O)c4c(=O)c(O)c(-c5ccc(O)cc5)oc34)OC12O. The number of aliphatic hydroxyl groups is 2. The van der Waals surface area contributed by atoms with E-state index in [9.17, 15) is 90.7 Å². The number of carbonyl (C=O) groups is 2. The van der Waals surface area contributed by atoms with Crippen LogP contribution in [0, 0.1) is 0 Å². The maximum Gasteiger partial charge on any atom is 0.355 e. The molecule has 0 saturated carbocycles. The van der Waals surface area contributed by atoms with E-state index in [-0.39, 0.29) is 90.9 Å². The second-order valence-electron chi connectivity index (χ2n) is 19.7. The molecule has 4 aliphatic heterocycles. The van der Waals surface area contributed by atoms with Crippen LogP contribution in [0.3, 0.4) is 0 Å². The molecule has 0 saturated heterocycles. The van der Waals surface area contributed by atoms with E-state index in [1.54, 1.807) is 0 Å². The molecule has 6 heterocycles. The number of carbonyl (C=O) groups excluding carboxylic acids is 2. The zero-order chi connectivity index (χ0) is 59.4. The predicted octanol–water partition coefficient (Wildman–Crippen LogP) is 6.59. The normalized spacial score (nSPS) is 20.4. The highest BCUT2D eigenvalue weighted by Gasteiger charge is 2.74. The largest absolute Gasteiger partial charge is 0.508 e. The van der Waals surface area contributed by atoms with Crippen LogP contribution in [-0.4, -0.2) is 94.6 Å². The topological polar surface area (TPSA) is 415 Å². The van der Waals surface area contributed by atoms with Crippen LogP contribution in [0.4, 0.5) is 0 Å². The zero-order valence-electron chi connectivity index (χ0n) is 42.0. The summed E-state index contributed by atoms with van der Waals surface area (Å²) in [4.78, 5) is 54.8. The number of fused-ring (bicyclic) bond motifs is 10. The number of hydrogen-bond donors (Lipinski definition) is 14. The van der Waals surface area contributed by atoms with Crippen LogP contribution < -0.4 is 29.8 Å². The molecular formula is C60H36O24. The summed E-state index contributed by atoms with van der Waals surface area (Å²) >= 11 is 0. The Bertz CT molecular complexity index is 4690. The van der Waals surface area contributed by atoms with Gasteiger partial charge in [0.1, 0.15) is 102 Å². The van der Waals surface area contributed by atoms with Crippen LogP contribution in [0.25, 0.3) is 44.6 Å². The Morgan fingerprint density at radius 1 is 0.357 bits per heavy atom. The first-order chi connectivity index (χ1) is 39.9. The first kappa shape index (κ1) is 51.7. The summed E-state index contributed by atoms with van der Waals surface area (Å²) in [6.07, 6.45) is 0. The molecule has 0 radical (unpaired) electrons.